The standard InChI is InChI=1S/C16H25N3O2/c1-12-8-9-13(16(21)19(2)3)11-14(12)18-15(20)7-5-4-6-10-17/h8-9,11H,4-7,10,17H2,1-3H3,(H,18,20). The Labute approximate surface area is 126 Å². The van der Waals surface area contributed by atoms with Gasteiger partial charge < -0.3 is 16.0 Å². The van der Waals surface area contributed by atoms with Gasteiger partial charge in [0.1, 0.15) is 0 Å². The molecule has 5 nitrogen and oxygen atoms in total. The zero-order chi connectivity index (χ0) is 15.8. The lowest BCUT2D eigenvalue weighted by atomic mass is 10.1. The first-order valence-electron chi connectivity index (χ1n) is 7.28. The minimum absolute atomic E-state index is 0.0235. The summed E-state index contributed by atoms with van der Waals surface area (Å²) >= 11 is 0. The summed E-state index contributed by atoms with van der Waals surface area (Å²) in [7, 11) is 3.41. The molecule has 1 rings (SSSR count). The van der Waals surface area contributed by atoms with E-state index in [0.717, 1.165) is 24.8 Å². The molecule has 0 fully saturated rings. The maximum Gasteiger partial charge on any atom is 0.253 e. The summed E-state index contributed by atoms with van der Waals surface area (Å²) in [5.74, 6) is -0.0991. The third-order valence-electron chi connectivity index (χ3n) is 3.27. The molecule has 1 aromatic rings. The predicted octanol–water partition coefficient (Wildman–Crippen LogP) is 2.15. The molecule has 0 aliphatic heterocycles. The van der Waals surface area contributed by atoms with Gasteiger partial charge in [-0.3, -0.25) is 9.59 Å². The fourth-order valence-electron chi connectivity index (χ4n) is 1.97. The van der Waals surface area contributed by atoms with Gasteiger partial charge in [0.2, 0.25) is 5.91 Å². The van der Waals surface area contributed by atoms with Crippen molar-refractivity contribution in [3.05, 3.63) is 29.3 Å². The second-order valence-corrected chi connectivity index (χ2v) is 5.38. The van der Waals surface area contributed by atoms with Crippen LogP contribution in [0.1, 0.15) is 41.6 Å². The molecule has 0 atom stereocenters. The second-order valence-electron chi connectivity index (χ2n) is 5.38. The smallest absolute Gasteiger partial charge is 0.253 e. The van der Waals surface area contributed by atoms with Gasteiger partial charge in [0.05, 0.1) is 0 Å². The predicted molar refractivity (Wildman–Crippen MR) is 85.3 cm³/mol. The van der Waals surface area contributed by atoms with E-state index in [0.29, 0.717) is 24.2 Å². The zero-order valence-electron chi connectivity index (χ0n) is 13.1. The maximum atomic E-state index is 11.9. The summed E-state index contributed by atoms with van der Waals surface area (Å²) in [4.78, 5) is 25.4. The van der Waals surface area contributed by atoms with Crippen molar-refractivity contribution < 1.29 is 9.59 Å². The molecule has 1 aromatic carbocycles. The SMILES string of the molecule is Cc1ccc(C(=O)N(C)C)cc1NC(=O)CCCCCN. The molecular weight excluding hydrogens is 266 g/mol. The molecule has 21 heavy (non-hydrogen) atoms. The van der Waals surface area contributed by atoms with Gasteiger partial charge >= 0.3 is 0 Å². The Kier molecular flexibility index (Phi) is 6.88. The second kappa shape index (κ2) is 8.42. The van der Waals surface area contributed by atoms with Crippen LogP contribution in [0, 0.1) is 6.92 Å². The summed E-state index contributed by atoms with van der Waals surface area (Å²) in [6, 6.07) is 5.35. The highest BCUT2D eigenvalue weighted by molar-refractivity contribution is 5.97. The lowest BCUT2D eigenvalue weighted by Gasteiger charge is -2.13. The fourth-order valence-corrected chi connectivity index (χ4v) is 1.97. The maximum absolute atomic E-state index is 11.9. The Balaban J connectivity index is 2.67. The Morgan fingerprint density at radius 2 is 1.90 bits per heavy atom. The van der Waals surface area contributed by atoms with Crippen molar-refractivity contribution in [3.8, 4) is 0 Å². The van der Waals surface area contributed by atoms with Crippen LogP contribution < -0.4 is 11.1 Å². The van der Waals surface area contributed by atoms with Crippen LogP contribution in [0.4, 0.5) is 5.69 Å². The van der Waals surface area contributed by atoms with E-state index in [2.05, 4.69) is 5.32 Å². The molecule has 0 saturated carbocycles. The van der Waals surface area contributed by atoms with Gasteiger partial charge in [-0.2, -0.15) is 0 Å². The van der Waals surface area contributed by atoms with Crippen LogP contribution in [0.15, 0.2) is 18.2 Å². The molecule has 3 N–H and O–H groups in total. The van der Waals surface area contributed by atoms with Crippen molar-refractivity contribution >= 4 is 17.5 Å². The molecule has 2 amide bonds. The van der Waals surface area contributed by atoms with Crippen LogP contribution in [0.5, 0.6) is 0 Å². The fraction of sp³-hybridized carbons (Fsp3) is 0.500. The number of carbonyl (C=O) groups excluding carboxylic acids is 2. The number of rotatable bonds is 7. The number of amides is 2. The van der Waals surface area contributed by atoms with E-state index in [9.17, 15) is 9.59 Å². The van der Waals surface area contributed by atoms with E-state index in [1.54, 1.807) is 26.2 Å². The van der Waals surface area contributed by atoms with Gasteiger partial charge in [-0.05, 0) is 44.0 Å². The van der Waals surface area contributed by atoms with Gasteiger partial charge in [-0.1, -0.05) is 12.5 Å². The summed E-state index contributed by atoms with van der Waals surface area (Å²) in [6.07, 6.45) is 3.21. The number of unbranched alkanes of at least 4 members (excludes halogenated alkanes) is 2. The van der Waals surface area contributed by atoms with Gasteiger partial charge in [-0.25, -0.2) is 0 Å². The van der Waals surface area contributed by atoms with Crippen molar-refractivity contribution in [2.75, 3.05) is 26.0 Å². The van der Waals surface area contributed by atoms with E-state index in [-0.39, 0.29) is 11.8 Å². The van der Waals surface area contributed by atoms with Crippen LogP contribution >= 0.6 is 0 Å². The molecule has 116 valence electrons. The number of hydrogen-bond acceptors (Lipinski definition) is 3. The van der Waals surface area contributed by atoms with E-state index >= 15 is 0 Å². The Hall–Kier alpha value is -1.88. The van der Waals surface area contributed by atoms with Gasteiger partial charge in [0, 0.05) is 31.8 Å². The normalized spacial score (nSPS) is 10.3. The van der Waals surface area contributed by atoms with Crippen molar-refractivity contribution in [2.45, 2.75) is 32.6 Å². The first-order valence-corrected chi connectivity index (χ1v) is 7.28. The monoisotopic (exact) mass is 291 g/mol. The number of benzene rings is 1. The van der Waals surface area contributed by atoms with Gasteiger partial charge in [0.25, 0.3) is 5.91 Å². The Bertz CT molecular complexity index is 498. The quantitative estimate of drug-likeness (QED) is 0.756. The van der Waals surface area contributed by atoms with E-state index < -0.39 is 0 Å². The van der Waals surface area contributed by atoms with Crippen molar-refractivity contribution in [1.29, 1.82) is 0 Å². The Morgan fingerprint density at radius 1 is 1.19 bits per heavy atom. The van der Waals surface area contributed by atoms with Crippen LogP contribution in [-0.2, 0) is 4.79 Å². The van der Waals surface area contributed by atoms with Crippen molar-refractivity contribution in [2.24, 2.45) is 5.73 Å². The number of hydrogen-bond donors (Lipinski definition) is 2. The van der Waals surface area contributed by atoms with Crippen molar-refractivity contribution in [3.63, 3.8) is 0 Å². The van der Waals surface area contributed by atoms with Crippen LogP contribution in [-0.4, -0.2) is 37.4 Å². The molecule has 5 heteroatoms. The summed E-state index contributed by atoms with van der Waals surface area (Å²) in [5, 5.41) is 2.88. The van der Waals surface area contributed by atoms with Crippen LogP contribution in [0.25, 0.3) is 0 Å². The van der Waals surface area contributed by atoms with Gasteiger partial charge in [0.15, 0.2) is 0 Å². The lowest BCUT2D eigenvalue weighted by Crippen LogP contribution is -2.22. The summed E-state index contributed by atoms with van der Waals surface area (Å²) in [6.45, 7) is 2.57. The minimum atomic E-state index is -0.0755. The molecule has 0 aromatic heterocycles. The molecule has 0 saturated heterocycles. The number of carbonyl (C=O) groups is 2. The third kappa shape index (κ3) is 5.55. The highest BCUT2D eigenvalue weighted by Crippen LogP contribution is 2.18. The highest BCUT2D eigenvalue weighted by atomic mass is 16.2. The molecule has 0 aliphatic carbocycles. The molecular formula is C16H25N3O2. The average Bonchev–Trinajstić information content (AvgIpc) is 2.45. The molecule has 0 aliphatic rings. The molecule has 0 bridgehead atoms. The zero-order valence-corrected chi connectivity index (χ0v) is 13.1. The van der Waals surface area contributed by atoms with Crippen molar-refractivity contribution in [1.82, 2.24) is 4.90 Å². The number of aryl methyl sites for hydroxylation is 1. The summed E-state index contributed by atoms with van der Waals surface area (Å²) in [5.41, 5.74) is 7.64. The van der Waals surface area contributed by atoms with Crippen LogP contribution in [0.3, 0.4) is 0 Å². The van der Waals surface area contributed by atoms with E-state index in [4.69, 9.17) is 5.73 Å². The first-order chi connectivity index (χ1) is 9.95. The molecule has 0 spiro atoms. The number of nitrogens with two attached hydrogens (primary N) is 1. The number of nitrogens with zero attached hydrogens (tertiary/aromatic N) is 1. The van der Waals surface area contributed by atoms with E-state index in [1.807, 2.05) is 13.0 Å². The topological polar surface area (TPSA) is 75.4 Å². The largest absolute Gasteiger partial charge is 0.345 e. The minimum Gasteiger partial charge on any atom is -0.345 e. The number of nitrogens with one attached hydrogen (secondary N) is 1. The van der Waals surface area contributed by atoms with E-state index in [1.165, 1.54) is 4.90 Å². The highest BCUT2D eigenvalue weighted by Gasteiger charge is 2.11. The molecule has 0 radical (unpaired) electrons. The summed E-state index contributed by atoms with van der Waals surface area (Å²) < 4.78 is 0. The molecule has 0 unspecified atom stereocenters. The lowest BCUT2D eigenvalue weighted by molar-refractivity contribution is -0.116. The first kappa shape index (κ1) is 17.2. The average molecular weight is 291 g/mol. The number of anilines is 1. The van der Waals surface area contributed by atoms with Gasteiger partial charge in [-0.15, -0.1) is 0 Å². The third-order valence-corrected chi connectivity index (χ3v) is 3.27. The van der Waals surface area contributed by atoms with Crippen LogP contribution in [0.2, 0.25) is 0 Å². The molecule has 0 heterocycles. The Morgan fingerprint density at radius 3 is 2.52 bits per heavy atom.